The summed E-state index contributed by atoms with van der Waals surface area (Å²) in [4.78, 5) is 24.3. The van der Waals surface area contributed by atoms with Crippen molar-refractivity contribution >= 4 is 17.8 Å². The van der Waals surface area contributed by atoms with Crippen LogP contribution in [0.25, 0.3) is 6.08 Å². The van der Waals surface area contributed by atoms with Crippen LogP contribution in [0.5, 0.6) is 11.5 Å². The zero-order chi connectivity index (χ0) is 19.6. The third-order valence-corrected chi connectivity index (χ3v) is 4.15. The van der Waals surface area contributed by atoms with E-state index < -0.39 is 17.9 Å². The quantitative estimate of drug-likeness (QED) is 0.586. The molecule has 0 aromatic heterocycles. The third-order valence-electron chi connectivity index (χ3n) is 4.15. The van der Waals surface area contributed by atoms with Crippen molar-refractivity contribution in [1.82, 2.24) is 0 Å². The van der Waals surface area contributed by atoms with Gasteiger partial charge in [0.2, 0.25) is 5.78 Å². The van der Waals surface area contributed by atoms with E-state index in [0.29, 0.717) is 22.6 Å². The molecule has 3 rings (SSSR count). The van der Waals surface area contributed by atoms with Crippen LogP contribution in [0, 0.1) is 12.7 Å². The number of Topliss-reactive ketones (excluding diaryl/α,β-unsaturated/α-hetero) is 1. The number of ketones is 1. The molecule has 0 spiro atoms. The fraction of sp³-hybridized carbons (Fsp3) is 0.238. The van der Waals surface area contributed by atoms with Gasteiger partial charge in [0, 0.05) is 11.1 Å². The summed E-state index contributed by atoms with van der Waals surface area (Å²) in [5.74, 6) is -0.462. The highest BCUT2D eigenvalue weighted by molar-refractivity contribution is 6.15. The number of hydrogen-bond donors (Lipinski definition) is 0. The van der Waals surface area contributed by atoms with Crippen LogP contribution in [0.1, 0.15) is 35.3 Å². The van der Waals surface area contributed by atoms with Gasteiger partial charge in [0.15, 0.2) is 11.9 Å². The molecule has 6 heteroatoms. The van der Waals surface area contributed by atoms with E-state index in [0.717, 1.165) is 0 Å². The Hall–Kier alpha value is -3.15. The molecule has 2 aromatic carbocycles. The molecule has 0 bridgehead atoms. The van der Waals surface area contributed by atoms with Crippen LogP contribution in [0.15, 0.2) is 42.2 Å². The van der Waals surface area contributed by atoms with E-state index in [1.165, 1.54) is 12.1 Å². The van der Waals surface area contributed by atoms with E-state index >= 15 is 0 Å². The highest BCUT2D eigenvalue weighted by atomic mass is 19.1. The topological polar surface area (TPSA) is 61.8 Å². The van der Waals surface area contributed by atoms with Gasteiger partial charge in [-0.2, -0.15) is 0 Å². The molecule has 2 aromatic rings. The molecule has 1 unspecified atom stereocenters. The fourth-order valence-electron chi connectivity index (χ4n) is 2.73. The molecule has 1 atom stereocenters. The molecule has 140 valence electrons. The Morgan fingerprint density at radius 1 is 1.26 bits per heavy atom. The number of ether oxygens (including phenoxy) is 3. The van der Waals surface area contributed by atoms with E-state index in [2.05, 4.69) is 0 Å². The van der Waals surface area contributed by atoms with Gasteiger partial charge in [0.1, 0.15) is 17.3 Å². The first-order valence-electron chi connectivity index (χ1n) is 8.58. The SMILES string of the molecule is CCOC(=O)C(C)Oc1ccc2c(c1C)O/C(=C\c1ccccc1F)C2=O. The van der Waals surface area contributed by atoms with Crippen LogP contribution in [-0.4, -0.2) is 24.5 Å². The van der Waals surface area contributed by atoms with Gasteiger partial charge in [-0.15, -0.1) is 0 Å². The molecular weight excluding hydrogens is 351 g/mol. The van der Waals surface area contributed by atoms with Crippen LogP contribution in [-0.2, 0) is 9.53 Å². The van der Waals surface area contributed by atoms with Gasteiger partial charge in [0.25, 0.3) is 0 Å². The Morgan fingerprint density at radius 3 is 2.70 bits per heavy atom. The first-order chi connectivity index (χ1) is 12.9. The fourth-order valence-corrected chi connectivity index (χ4v) is 2.73. The van der Waals surface area contributed by atoms with Crippen molar-refractivity contribution in [1.29, 1.82) is 0 Å². The molecule has 0 saturated carbocycles. The predicted octanol–water partition coefficient (Wildman–Crippen LogP) is 4.08. The minimum Gasteiger partial charge on any atom is -0.479 e. The van der Waals surface area contributed by atoms with Crippen LogP contribution >= 0.6 is 0 Å². The molecule has 1 aliphatic heterocycles. The van der Waals surface area contributed by atoms with E-state index in [-0.39, 0.29) is 23.7 Å². The highest BCUT2D eigenvalue weighted by Crippen LogP contribution is 2.39. The summed E-state index contributed by atoms with van der Waals surface area (Å²) in [6, 6.07) is 9.30. The zero-order valence-corrected chi connectivity index (χ0v) is 15.2. The lowest BCUT2D eigenvalue weighted by Crippen LogP contribution is -2.26. The number of esters is 1. The zero-order valence-electron chi connectivity index (χ0n) is 15.2. The Morgan fingerprint density at radius 2 is 2.00 bits per heavy atom. The van der Waals surface area contributed by atoms with E-state index in [9.17, 15) is 14.0 Å². The number of carbonyl (C=O) groups excluding carboxylic acids is 2. The smallest absolute Gasteiger partial charge is 0.347 e. The second-order valence-electron chi connectivity index (χ2n) is 6.04. The summed E-state index contributed by atoms with van der Waals surface area (Å²) in [6.07, 6.45) is 0.575. The first-order valence-corrected chi connectivity index (χ1v) is 8.58. The van der Waals surface area contributed by atoms with Crippen molar-refractivity contribution in [2.24, 2.45) is 0 Å². The normalized spacial score (nSPS) is 15.3. The van der Waals surface area contributed by atoms with Gasteiger partial charge >= 0.3 is 5.97 Å². The number of allylic oxidation sites excluding steroid dienone is 1. The number of carbonyl (C=O) groups is 2. The Bertz CT molecular complexity index is 932. The molecule has 0 radical (unpaired) electrons. The highest BCUT2D eigenvalue weighted by Gasteiger charge is 2.31. The molecule has 1 heterocycles. The predicted molar refractivity (Wildman–Crippen MR) is 97.2 cm³/mol. The molecule has 0 N–H and O–H groups in total. The standard InChI is InChI=1S/C21H19FO5/c1-4-25-21(24)13(3)26-17-10-9-15-19(23)18(27-20(15)12(17)2)11-14-7-5-6-8-16(14)22/h5-11,13H,4H2,1-3H3/b18-11-. The maximum atomic E-state index is 13.8. The summed E-state index contributed by atoms with van der Waals surface area (Å²) in [5, 5.41) is 0. The second kappa shape index (κ2) is 7.61. The molecule has 0 fully saturated rings. The van der Waals surface area contributed by atoms with Gasteiger partial charge in [-0.05, 0) is 45.0 Å². The van der Waals surface area contributed by atoms with Crippen molar-refractivity contribution in [2.45, 2.75) is 26.9 Å². The summed E-state index contributed by atoms with van der Waals surface area (Å²) in [6.45, 7) is 5.29. The van der Waals surface area contributed by atoms with Crippen molar-refractivity contribution in [3.63, 3.8) is 0 Å². The van der Waals surface area contributed by atoms with Crippen LogP contribution < -0.4 is 9.47 Å². The first kappa shape index (κ1) is 18.6. The van der Waals surface area contributed by atoms with Crippen molar-refractivity contribution in [3.05, 3.63) is 64.7 Å². The van der Waals surface area contributed by atoms with E-state index in [1.54, 1.807) is 51.1 Å². The molecule has 0 amide bonds. The largest absolute Gasteiger partial charge is 0.479 e. The second-order valence-corrected chi connectivity index (χ2v) is 6.04. The maximum absolute atomic E-state index is 13.8. The minimum absolute atomic E-state index is 0.0359. The molecular formula is C21H19FO5. The molecule has 0 aliphatic carbocycles. The summed E-state index contributed by atoms with van der Waals surface area (Å²) < 4.78 is 30.1. The van der Waals surface area contributed by atoms with E-state index in [4.69, 9.17) is 14.2 Å². The van der Waals surface area contributed by atoms with Gasteiger partial charge in [-0.3, -0.25) is 4.79 Å². The van der Waals surface area contributed by atoms with Crippen LogP contribution in [0.4, 0.5) is 4.39 Å². The summed E-state index contributed by atoms with van der Waals surface area (Å²) in [7, 11) is 0. The minimum atomic E-state index is -0.799. The lowest BCUT2D eigenvalue weighted by Gasteiger charge is -2.16. The monoisotopic (exact) mass is 370 g/mol. The number of halogens is 1. The molecule has 0 saturated heterocycles. The Balaban J connectivity index is 1.88. The third kappa shape index (κ3) is 3.69. The summed E-state index contributed by atoms with van der Waals surface area (Å²) in [5.41, 5.74) is 1.21. The average molecular weight is 370 g/mol. The number of benzene rings is 2. The van der Waals surface area contributed by atoms with Crippen molar-refractivity contribution < 1.29 is 28.2 Å². The van der Waals surface area contributed by atoms with Gasteiger partial charge in [-0.1, -0.05) is 18.2 Å². The molecule has 1 aliphatic rings. The van der Waals surface area contributed by atoms with Crippen LogP contribution in [0.2, 0.25) is 0 Å². The summed E-state index contributed by atoms with van der Waals surface area (Å²) >= 11 is 0. The lowest BCUT2D eigenvalue weighted by atomic mass is 10.1. The lowest BCUT2D eigenvalue weighted by molar-refractivity contribution is -0.150. The number of rotatable bonds is 5. The molecule has 5 nitrogen and oxygen atoms in total. The number of hydrogen-bond acceptors (Lipinski definition) is 5. The van der Waals surface area contributed by atoms with E-state index in [1.807, 2.05) is 0 Å². The Kier molecular flexibility index (Phi) is 5.26. The van der Waals surface area contributed by atoms with Crippen molar-refractivity contribution in [2.75, 3.05) is 6.61 Å². The van der Waals surface area contributed by atoms with Gasteiger partial charge < -0.3 is 14.2 Å². The van der Waals surface area contributed by atoms with Gasteiger partial charge in [-0.25, -0.2) is 9.18 Å². The average Bonchev–Trinajstić information content (AvgIpc) is 2.96. The van der Waals surface area contributed by atoms with Crippen molar-refractivity contribution in [3.8, 4) is 11.5 Å². The Labute approximate surface area is 156 Å². The van der Waals surface area contributed by atoms with Gasteiger partial charge in [0.05, 0.1) is 12.2 Å². The van der Waals surface area contributed by atoms with Crippen LogP contribution in [0.3, 0.4) is 0 Å². The molecule has 27 heavy (non-hydrogen) atoms. The number of fused-ring (bicyclic) bond motifs is 1. The maximum Gasteiger partial charge on any atom is 0.347 e.